The van der Waals surface area contributed by atoms with Gasteiger partial charge in [-0.25, -0.2) is 9.98 Å². The summed E-state index contributed by atoms with van der Waals surface area (Å²) in [4.78, 5) is 11.8. The zero-order valence-corrected chi connectivity index (χ0v) is 21.1. The molecule has 6 nitrogen and oxygen atoms in total. The number of pyridine rings is 1. The predicted molar refractivity (Wildman–Crippen MR) is 136 cm³/mol. The summed E-state index contributed by atoms with van der Waals surface area (Å²) >= 11 is 0. The van der Waals surface area contributed by atoms with E-state index in [0.29, 0.717) is 12.0 Å². The van der Waals surface area contributed by atoms with Gasteiger partial charge in [-0.3, -0.25) is 0 Å². The minimum Gasteiger partial charge on any atom is -0.382 e. The SMILES string of the molecule is CCNC(=NCc1ccnc(N2CCCC2)c1)NCC1(CCOCC)CCCC1.I. The maximum Gasteiger partial charge on any atom is 0.191 e. The third-order valence-corrected chi connectivity index (χ3v) is 6.28. The zero-order valence-electron chi connectivity index (χ0n) is 18.8. The molecule has 2 fully saturated rings. The van der Waals surface area contributed by atoms with Crippen LogP contribution in [-0.2, 0) is 11.3 Å². The van der Waals surface area contributed by atoms with Gasteiger partial charge in [-0.05, 0) is 69.1 Å². The number of hydrogen-bond acceptors (Lipinski definition) is 4. The van der Waals surface area contributed by atoms with Gasteiger partial charge in [0.25, 0.3) is 0 Å². The van der Waals surface area contributed by atoms with Gasteiger partial charge < -0.3 is 20.3 Å². The number of hydrogen-bond donors (Lipinski definition) is 2. The van der Waals surface area contributed by atoms with Crippen molar-refractivity contribution >= 4 is 35.8 Å². The van der Waals surface area contributed by atoms with Crippen LogP contribution in [0.25, 0.3) is 0 Å². The van der Waals surface area contributed by atoms with Crippen LogP contribution < -0.4 is 15.5 Å². The lowest BCUT2D eigenvalue weighted by Gasteiger charge is -2.30. The molecule has 2 N–H and O–H groups in total. The fourth-order valence-corrected chi connectivity index (χ4v) is 4.53. The lowest BCUT2D eigenvalue weighted by molar-refractivity contribution is 0.105. The Bertz CT molecular complexity index is 642. The van der Waals surface area contributed by atoms with E-state index in [1.54, 1.807) is 0 Å². The van der Waals surface area contributed by atoms with E-state index in [1.165, 1.54) is 44.1 Å². The number of aromatic nitrogens is 1. The first-order chi connectivity index (χ1) is 14.2. The number of rotatable bonds is 10. The monoisotopic (exact) mass is 529 g/mol. The van der Waals surface area contributed by atoms with Crippen molar-refractivity contribution in [2.75, 3.05) is 44.3 Å². The van der Waals surface area contributed by atoms with Crippen LogP contribution in [0.2, 0.25) is 0 Å². The third kappa shape index (κ3) is 7.55. The van der Waals surface area contributed by atoms with E-state index < -0.39 is 0 Å². The van der Waals surface area contributed by atoms with Crippen LogP contribution in [-0.4, -0.2) is 50.3 Å². The number of nitrogens with zero attached hydrogens (tertiary/aromatic N) is 3. The predicted octanol–water partition coefficient (Wildman–Crippen LogP) is 4.34. The smallest absolute Gasteiger partial charge is 0.191 e. The Morgan fingerprint density at radius 1 is 1.17 bits per heavy atom. The van der Waals surface area contributed by atoms with Gasteiger partial charge in [0.1, 0.15) is 5.82 Å². The van der Waals surface area contributed by atoms with Crippen LogP contribution in [0.4, 0.5) is 5.82 Å². The first kappa shape index (κ1) is 25.2. The van der Waals surface area contributed by atoms with Gasteiger partial charge in [-0.2, -0.15) is 0 Å². The summed E-state index contributed by atoms with van der Waals surface area (Å²) in [5.41, 5.74) is 1.57. The Morgan fingerprint density at radius 3 is 2.63 bits per heavy atom. The summed E-state index contributed by atoms with van der Waals surface area (Å²) in [6.45, 7) is 10.6. The molecule has 1 aromatic rings. The summed E-state index contributed by atoms with van der Waals surface area (Å²) < 4.78 is 5.65. The molecule has 0 bridgehead atoms. The molecule has 0 spiro atoms. The molecule has 1 aromatic heterocycles. The highest BCUT2D eigenvalue weighted by molar-refractivity contribution is 14.0. The van der Waals surface area contributed by atoms with E-state index in [4.69, 9.17) is 9.73 Å². The lowest BCUT2D eigenvalue weighted by atomic mass is 9.83. The Balaban J connectivity index is 0.00000320. The average molecular weight is 530 g/mol. The molecule has 3 rings (SSSR count). The summed E-state index contributed by atoms with van der Waals surface area (Å²) in [6.07, 6.45) is 10.8. The molecule has 0 amide bonds. The second kappa shape index (κ2) is 13.3. The first-order valence-electron chi connectivity index (χ1n) is 11.5. The van der Waals surface area contributed by atoms with E-state index in [0.717, 1.165) is 57.6 Å². The summed E-state index contributed by atoms with van der Waals surface area (Å²) in [6, 6.07) is 4.27. The maximum absolute atomic E-state index is 5.65. The Kier molecular flexibility index (Phi) is 11.2. The molecule has 30 heavy (non-hydrogen) atoms. The summed E-state index contributed by atoms with van der Waals surface area (Å²) in [5, 5.41) is 7.04. The number of ether oxygens (including phenoxy) is 1. The Hall–Kier alpha value is -1.09. The second-order valence-corrected chi connectivity index (χ2v) is 8.42. The van der Waals surface area contributed by atoms with Gasteiger partial charge in [0.05, 0.1) is 6.54 Å². The zero-order chi connectivity index (χ0) is 20.4. The molecule has 0 atom stereocenters. The van der Waals surface area contributed by atoms with Crippen molar-refractivity contribution in [3.63, 3.8) is 0 Å². The first-order valence-corrected chi connectivity index (χ1v) is 11.5. The highest BCUT2D eigenvalue weighted by atomic mass is 127. The molecule has 0 unspecified atom stereocenters. The highest BCUT2D eigenvalue weighted by Gasteiger charge is 2.33. The van der Waals surface area contributed by atoms with Crippen LogP contribution >= 0.6 is 24.0 Å². The lowest BCUT2D eigenvalue weighted by Crippen LogP contribution is -2.43. The molecule has 0 aromatic carbocycles. The summed E-state index contributed by atoms with van der Waals surface area (Å²) in [5.74, 6) is 2.00. The molecule has 7 heteroatoms. The highest BCUT2D eigenvalue weighted by Crippen LogP contribution is 2.40. The van der Waals surface area contributed by atoms with Crippen LogP contribution in [0.1, 0.15) is 64.4 Å². The number of aliphatic imine (C=N–C) groups is 1. The second-order valence-electron chi connectivity index (χ2n) is 8.42. The van der Waals surface area contributed by atoms with Gasteiger partial charge in [-0.15, -0.1) is 24.0 Å². The van der Waals surface area contributed by atoms with Gasteiger partial charge in [0.15, 0.2) is 5.96 Å². The van der Waals surface area contributed by atoms with Crippen molar-refractivity contribution in [1.82, 2.24) is 15.6 Å². The molecule has 1 aliphatic carbocycles. The van der Waals surface area contributed by atoms with Crippen molar-refractivity contribution < 1.29 is 4.74 Å². The van der Waals surface area contributed by atoms with Crippen LogP contribution in [0.3, 0.4) is 0 Å². The Labute approximate surface area is 199 Å². The molecule has 1 saturated heterocycles. The normalized spacial score (nSPS) is 18.3. The van der Waals surface area contributed by atoms with Gasteiger partial charge in [0.2, 0.25) is 0 Å². The minimum atomic E-state index is 0. The maximum atomic E-state index is 5.65. The Morgan fingerprint density at radius 2 is 1.93 bits per heavy atom. The molecule has 1 saturated carbocycles. The van der Waals surface area contributed by atoms with E-state index in [-0.39, 0.29) is 24.0 Å². The standard InChI is InChI=1S/C23H39N5O.HI/c1-3-24-22(27-19-23(10-5-6-11-23)12-16-29-4-2)26-18-20-9-13-25-21(17-20)28-14-7-8-15-28;/h9,13,17H,3-8,10-12,14-16,18-19H2,1-2H3,(H2,24,26,27);1H. The molecule has 170 valence electrons. The number of halogens is 1. The van der Waals surface area contributed by atoms with Crippen molar-refractivity contribution in [3.8, 4) is 0 Å². The molecule has 2 heterocycles. The van der Waals surface area contributed by atoms with Crippen LogP contribution in [0, 0.1) is 5.41 Å². The van der Waals surface area contributed by atoms with Crippen molar-refractivity contribution in [2.24, 2.45) is 10.4 Å². The minimum absolute atomic E-state index is 0. The van der Waals surface area contributed by atoms with E-state index in [2.05, 4.69) is 46.5 Å². The number of guanidine groups is 1. The third-order valence-electron chi connectivity index (χ3n) is 6.28. The van der Waals surface area contributed by atoms with E-state index >= 15 is 0 Å². The van der Waals surface area contributed by atoms with E-state index in [1.807, 2.05) is 6.20 Å². The van der Waals surface area contributed by atoms with Crippen molar-refractivity contribution in [2.45, 2.75) is 65.3 Å². The largest absolute Gasteiger partial charge is 0.382 e. The van der Waals surface area contributed by atoms with Crippen LogP contribution in [0.15, 0.2) is 23.3 Å². The van der Waals surface area contributed by atoms with Gasteiger partial charge in [-0.1, -0.05) is 12.8 Å². The summed E-state index contributed by atoms with van der Waals surface area (Å²) in [7, 11) is 0. The molecule has 0 radical (unpaired) electrons. The number of nitrogens with one attached hydrogen (secondary N) is 2. The topological polar surface area (TPSA) is 61.8 Å². The molecular formula is C23H40IN5O. The molecule has 1 aliphatic heterocycles. The van der Waals surface area contributed by atoms with Gasteiger partial charge >= 0.3 is 0 Å². The average Bonchev–Trinajstić information content (AvgIpc) is 3.43. The van der Waals surface area contributed by atoms with Crippen molar-refractivity contribution in [3.05, 3.63) is 23.9 Å². The fraction of sp³-hybridized carbons (Fsp3) is 0.739. The van der Waals surface area contributed by atoms with Crippen LogP contribution in [0.5, 0.6) is 0 Å². The van der Waals surface area contributed by atoms with Crippen molar-refractivity contribution in [1.29, 1.82) is 0 Å². The molecule has 2 aliphatic rings. The number of anilines is 1. The quantitative estimate of drug-likeness (QED) is 0.204. The van der Waals surface area contributed by atoms with E-state index in [9.17, 15) is 0 Å². The van der Waals surface area contributed by atoms with Gasteiger partial charge in [0, 0.05) is 45.6 Å². The fourth-order valence-electron chi connectivity index (χ4n) is 4.53. The molecular weight excluding hydrogens is 489 g/mol.